The van der Waals surface area contributed by atoms with E-state index in [0.29, 0.717) is 30.4 Å². The van der Waals surface area contributed by atoms with Crippen LogP contribution in [0.4, 0.5) is 11.4 Å². The molecule has 0 fully saturated rings. The predicted octanol–water partition coefficient (Wildman–Crippen LogP) is 3.35. The number of hydrogen-bond acceptors (Lipinski definition) is 4. The van der Waals surface area contributed by atoms with E-state index in [4.69, 9.17) is 5.73 Å². The smallest absolute Gasteiger partial charge is 0.225 e. The molecule has 1 aromatic carbocycles. The molecule has 0 aliphatic heterocycles. The SMILES string of the molecule is CC(c1cccs1)N(C)CCC(=O)Nc1ccccc1N. The first kappa shape index (κ1) is 15.5. The van der Waals surface area contributed by atoms with Gasteiger partial charge in [0, 0.05) is 23.9 Å². The summed E-state index contributed by atoms with van der Waals surface area (Å²) in [4.78, 5) is 15.5. The van der Waals surface area contributed by atoms with Gasteiger partial charge in [-0.25, -0.2) is 0 Å². The number of amides is 1. The fraction of sp³-hybridized carbons (Fsp3) is 0.312. The number of para-hydroxylation sites is 2. The molecular weight excluding hydrogens is 282 g/mol. The normalized spacial score (nSPS) is 12.3. The highest BCUT2D eigenvalue weighted by Gasteiger charge is 2.14. The summed E-state index contributed by atoms with van der Waals surface area (Å²) in [5.41, 5.74) is 7.08. The zero-order valence-corrected chi connectivity index (χ0v) is 13.2. The molecule has 5 heteroatoms. The third-order valence-electron chi connectivity index (χ3n) is 3.54. The Labute approximate surface area is 129 Å². The van der Waals surface area contributed by atoms with E-state index in [9.17, 15) is 4.79 Å². The first-order valence-corrected chi connectivity index (χ1v) is 7.84. The van der Waals surface area contributed by atoms with Crippen LogP contribution in [0.25, 0.3) is 0 Å². The number of nitrogen functional groups attached to an aromatic ring is 1. The van der Waals surface area contributed by atoms with Gasteiger partial charge in [0.05, 0.1) is 11.4 Å². The average molecular weight is 303 g/mol. The van der Waals surface area contributed by atoms with Gasteiger partial charge in [-0.2, -0.15) is 0 Å². The van der Waals surface area contributed by atoms with E-state index >= 15 is 0 Å². The Morgan fingerprint density at radius 2 is 2.10 bits per heavy atom. The van der Waals surface area contributed by atoms with Crippen LogP contribution < -0.4 is 11.1 Å². The van der Waals surface area contributed by atoms with Crippen LogP contribution >= 0.6 is 11.3 Å². The molecular formula is C16H21N3OS. The zero-order chi connectivity index (χ0) is 15.2. The first-order valence-electron chi connectivity index (χ1n) is 6.96. The van der Waals surface area contributed by atoms with Crippen molar-refractivity contribution in [2.75, 3.05) is 24.6 Å². The van der Waals surface area contributed by atoms with Crippen LogP contribution in [0.5, 0.6) is 0 Å². The number of thiophene rings is 1. The van der Waals surface area contributed by atoms with E-state index in [0.717, 1.165) is 0 Å². The zero-order valence-electron chi connectivity index (χ0n) is 12.4. The standard InChI is InChI=1S/C16H21N3OS/c1-12(15-8-5-11-21-15)19(2)10-9-16(20)18-14-7-4-3-6-13(14)17/h3-8,11-12H,9-10,17H2,1-2H3,(H,18,20). The number of benzene rings is 1. The number of nitrogens with zero attached hydrogens (tertiary/aromatic N) is 1. The summed E-state index contributed by atoms with van der Waals surface area (Å²) in [6.07, 6.45) is 0.445. The lowest BCUT2D eigenvalue weighted by Crippen LogP contribution is -2.26. The molecule has 2 rings (SSSR count). The molecule has 0 saturated carbocycles. The van der Waals surface area contributed by atoms with Gasteiger partial charge in [0.15, 0.2) is 0 Å². The van der Waals surface area contributed by atoms with Gasteiger partial charge in [0.2, 0.25) is 5.91 Å². The molecule has 0 saturated heterocycles. The van der Waals surface area contributed by atoms with Crippen molar-refractivity contribution < 1.29 is 4.79 Å². The summed E-state index contributed by atoms with van der Waals surface area (Å²) < 4.78 is 0. The fourth-order valence-electron chi connectivity index (χ4n) is 2.04. The first-order chi connectivity index (χ1) is 10.1. The maximum absolute atomic E-state index is 12.0. The topological polar surface area (TPSA) is 58.4 Å². The number of carbonyl (C=O) groups is 1. The number of hydrogen-bond donors (Lipinski definition) is 2. The molecule has 1 amide bonds. The average Bonchev–Trinajstić information content (AvgIpc) is 3.00. The molecule has 0 bridgehead atoms. The Morgan fingerprint density at radius 1 is 1.33 bits per heavy atom. The van der Waals surface area contributed by atoms with Crippen LogP contribution in [-0.4, -0.2) is 24.4 Å². The summed E-state index contributed by atoms with van der Waals surface area (Å²) in [5, 5.41) is 4.93. The summed E-state index contributed by atoms with van der Waals surface area (Å²) in [5.74, 6) is -0.0156. The molecule has 0 aliphatic carbocycles. The Hall–Kier alpha value is -1.85. The molecule has 3 N–H and O–H groups in total. The van der Waals surface area contributed by atoms with Crippen LogP contribution in [0, 0.1) is 0 Å². The molecule has 4 nitrogen and oxygen atoms in total. The number of carbonyl (C=O) groups excluding carboxylic acids is 1. The Morgan fingerprint density at radius 3 is 2.76 bits per heavy atom. The summed E-state index contributed by atoms with van der Waals surface area (Å²) in [7, 11) is 2.04. The highest BCUT2D eigenvalue weighted by atomic mass is 32.1. The van der Waals surface area contributed by atoms with Gasteiger partial charge in [-0.15, -0.1) is 11.3 Å². The van der Waals surface area contributed by atoms with Crippen molar-refractivity contribution in [3.05, 3.63) is 46.7 Å². The van der Waals surface area contributed by atoms with E-state index in [-0.39, 0.29) is 5.91 Å². The summed E-state index contributed by atoms with van der Waals surface area (Å²) >= 11 is 1.74. The summed E-state index contributed by atoms with van der Waals surface area (Å²) in [6, 6.07) is 11.8. The van der Waals surface area contributed by atoms with Crippen molar-refractivity contribution in [3.63, 3.8) is 0 Å². The molecule has 112 valence electrons. The van der Waals surface area contributed by atoms with E-state index in [1.54, 1.807) is 17.4 Å². The molecule has 21 heavy (non-hydrogen) atoms. The molecule has 0 aliphatic rings. The third-order valence-corrected chi connectivity index (χ3v) is 4.59. The fourth-order valence-corrected chi connectivity index (χ4v) is 2.89. The minimum absolute atomic E-state index is 0.0156. The highest BCUT2D eigenvalue weighted by molar-refractivity contribution is 7.10. The minimum atomic E-state index is -0.0156. The lowest BCUT2D eigenvalue weighted by atomic mass is 10.2. The van der Waals surface area contributed by atoms with E-state index in [1.807, 2.05) is 25.2 Å². The van der Waals surface area contributed by atoms with Crippen molar-refractivity contribution in [1.29, 1.82) is 0 Å². The molecule has 1 aromatic heterocycles. The molecule has 1 atom stereocenters. The molecule has 1 unspecified atom stereocenters. The van der Waals surface area contributed by atoms with Crippen LogP contribution in [-0.2, 0) is 4.79 Å². The van der Waals surface area contributed by atoms with Gasteiger partial charge in [-0.3, -0.25) is 9.69 Å². The number of nitrogens with one attached hydrogen (secondary N) is 1. The third kappa shape index (κ3) is 4.31. The lowest BCUT2D eigenvalue weighted by Gasteiger charge is -2.23. The number of rotatable bonds is 6. The maximum atomic E-state index is 12.0. The Balaban J connectivity index is 1.82. The second kappa shape index (κ2) is 7.24. The lowest BCUT2D eigenvalue weighted by molar-refractivity contribution is -0.116. The Bertz CT molecular complexity index is 583. The monoisotopic (exact) mass is 303 g/mol. The van der Waals surface area contributed by atoms with Gasteiger partial charge in [-0.1, -0.05) is 18.2 Å². The molecule has 0 radical (unpaired) electrons. The number of nitrogens with two attached hydrogens (primary N) is 1. The Kier molecular flexibility index (Phi) is 5.36. The van der Waals surface area contributed by atoms with Crippen LogP contribution in [0.2, 0.25) is 0 Å². The molecule has 0 spiro atoms. The van der Waals surface area contributed by atoms with Crippen molar-refractivity contribution in [1.82, 2.24) is 4.90 Å². The van der Waals surface area contributed by atoms with Crippen molar-refractivity contribution in [3.8, 4) is 0 Å². The van der Waals surface area contributed by atoms with Gasteiger partial charge < -0.3 is 11.1 Å². The van der Waals surface area contributed by atoms with E-state index < -0.39 is 0 Å². The molecule has 1 heterocycles. The maximum Gasteiger partial charge on any atom is 0.225 e. The second-order valence-corrected chi connectivity index (χ2v) is 6.04. The van der Waals surface area contributed by atoms with E-state index in [2.05, 4.69) is 34.7 Å². The number of anilines is 2. The quantitative estimate of drug-likeness (QED) is 0.805. The molecule has 2 aromatic rings. The van der Waals surface area contributed by atoms with E-state index in [1.165, 1.54) is 4.88 Å². The van der Waals surface area contributed by atoms with Gasteiger partial charge >= 0.3 is 0 Å². The van der Waals surface area contributed by atoms with Crippen LogP contribution in [0.1, 0.15) is 24.3 Å². The summed E-state index contributed by atoms with van der Waals surface area (Å²) in [6.45, 7) is 2.86. The van der Waals surface area contributed by atoms with Gasteiger partial charge in [0.25, 0.3) is 0 Å². The van der Waals surface area contributed by atoms with Crippen LogP contribution in [0.15, 0.2) is 41.8 Å². The highest BCUT2D eigenvalue weighted by Crippen LogP contribution is 2.23. The van der Waals surface area contributed by atoms with Crippen LogP contribution in [0.3, 0.4) is 0 Å². The van der Waals surface area contributed by atoms with Crippen molar-refractivity contribution in [2.45, 2.75) is 19.4 Å². The predicted molar refractivity (Wildman–Crippen MR) is 89.5 cm³/mol. The van der Waals surface area contributed by atoms with Crippen molar-refractivity contribution >= 4 is 28.6 Å². The minimum Gasteiger partial charge on any atom is -0.397 e. The second-order valence-electron chi connectivity index (χ2n) is 5.06. The van der Waals surface area contributed by atoms with Crippen molar-refractivity contribution in [2.24, 2.45) is 0 Å². The van der Waals surface area contributed by atoms with Gasteiger partial charge in [-0.05, 0) is 37.6 Å². The largest absolute Gasteiger partial charge is 0.397 e. The van der Waals surface area contributed by atoms with Gasteiger partial charge in [0.1, 0.15) is 0 Å².